The van der Waals surface area contributed by atoms with Gasteiger partial charge in [-0.3, -0.25) is 0 Å². The number of hydrogen-bond acceptors (Lipinski definition) is 2. The van der Waals surface area contributed by atoms with E-state index in [9.17, 15) is 8.78 Å². The zero-order valence-electron chi connectivity index (χ0n) is 10.4. The number of likely N-dealkylation sites (N-methyl/N-ethyl adjacent to an activating group) is 1. The van der Waals surface area contributed by atoms with Gasteiger partial charge in [-0.2, -0.15) is 0 Å². The van der Waals surface area contributed by atoms with Gasteiger partial charge in [0.25, 0.3) is 0 Å². The number of rotatable bonds is 4. The molecule has 4 heteroatoms. The van der Waals surface area contributed by atoms with Gasteiger partial charge in [0.05, 0.1) is 12.6 Å². The van der Waals surface area contributed by atoms with E-state index in [1.54, 1.807) is 0 Å². The standard InChI is InChI=1S/C14H17F2NO/c1-2-17-14(13-5-3-4-8-18-13)11-9-10(15)6-7-12(11)16/h5-7,9,14,17H,2-4,8H2,1H3. The Morgan fingerprint density at radius 3 is 2.89 bits per heavy atom. The van der Waals surface area contributed by atoms with Crippen molar-refractivity contribution in [3.8, 4) is 0 Å². The minimum absolute atomic E-state index is 0.296. The Morgan fingerprint density at radius 1 is 1.39 bits per heavy atom. The first-order chi connectivity index (χ1) is 8.72. The van der Waals surface area contributed by atoms with Gasteiger partial charge < -0.3 is 10.1 Å². The highest BCUT2D eigenvalue weighted by Gasteiger charge is 2.22. The molecule has 1 aromatic carbocycles. The van der Waals surface area contributed by atoms with Crippen molar-refractivity contribution in [2.24, 2.45) is 0 Å². The monoisotopic (exact) mass is 253 g/mol. The van der Waals surface area contributed by atoms with Crippen molar-refractivity contribution < 1.29 is 13.5 Å². The highest BCUT2D eigenvalue weighted by Crippen LogP contribution is 2.28. The zero-order valence-corrected chi connectivity index (χ0v) is 10.4. The van der Waals surface area contributed by atoms with E-state index in [1.165, 1.54) is 6.07 Å². The van der Waals surface area contributed by atoms with E-state index in [0.717, 1.165) is 25.0 Å². The Balaban J connectivity index is 2.34. The van der Waals surface area contributed by atoms with E-state index in [0.29, 0.717) is 24.5 Å². The topological polar surface area (TPSA) is 21.3 Å². The predicted octanol–water partition coefficient (Wildman–Crippen LogP) is 3.31. The average Bonchev–Trinajstić information content (AvgIpc) is 2.40. The summed E-state index contributed by atoms with van der Waals surface area (Å²) in [7, 11) is 0. The van der Waals surface area contributed by atoms with Crippen LogP contribution in [0.1, 0.15) is 31.4 Å². The lowest BCUT2D eigenvalue weighted by Crippen LogP contribution is -2.26. The Bertz CT molecular complexity index is 445. The van der Waals surface area contributed by atoms with E-state index >= 15 is 0 Å². The number of benzene rings is 1. The third-order valence-corrected chi connectivity index (χ3v) is 2.92. The van der Waals surface area contributed by atoms with Crippen molar-refractivity contribution in [3.05, 3.63) is 47.2 Å². The molecule has 1 atom stereocenters. The predicted molar refractivity (Wildman–Crippen MR) is 66.0 cm³/mol. The minimum Gasteiger partial charge on any atom is -0.496 e. The van der Waals surface area contributed by atoms with Crippen LogP contribution in [0.4, 0.5) is 8.78 Å². The Morgan fingerprint density at radius 2 is 2.22 bits per heavy atom. The van der Waals surface area contributed by atoms with Gasteiger partial charge in [-0.25, -0.2) is 8.78 Å². The van der Waals surface area contributed by atoms with Crippen molar-refractivity contribution in [1.29, 1.82) is 0 Å². The summed E-state index contributed by atoms with van der Waals surface area (Å²) < 4.78 is 32.6. The molecule has 98 valence electrons. The number of halogens is 2. The second-order valence-electron chi connectivity index (χ2n) is 4.25. The van der Waals surface area contributed by atoms with E-state index in [2.05, 4.69) is 5.32 Å². The van der Waals surface area contributed by atoms with Gasteiger partial charge in [0.2, 0.25) is 0 Å². The molecule has 2 nitrogen and oxygen atoms in total. The van der Waals surface area contributed by atoms with Crippen molar-refractivity contribution in [2.75, 3.05) is 13.2 Å². The second kappa shape index (κ2) is 5.96. The molecular formula is C14H17F2NO. The molecular weight excluding hydrogens is 236 g/mol. The molecule has 0 radical (unpaired) electrons. The molecule has 1 heterocycles. The zero-order chi connectivity index (χ0) is 13.0. The van der Waals surface area contributed by atoms with Crippen LogP contribution in [-0.4, -0.2) is 13.2 Å². The molecule has 0 fully saturated rings. The molecule has 1 aliphatic rings. The van der Waals surface area contributed by atoms with Crippen LogP contribution in [0.25, 0.3) is 0 Å². The van der Waals surface area contributed by atoms with Crippen molar-refractivity contribution in [2.45, 2.75) is 25.8 Å². The summed E-state index contributed by atoms with van der Waals surface area (Å²) in [5.74, 6) is -0.171. The Hall–Kier alpha value is -1.42. The lowest BCUT2D eigenvalue weighted by atomic mass is 10.0. The van der Waals surface area contributed by atoms with Crippen LogP contribution in [-0.2, 0) is 4.74 Å². The van der Waals surface area contributed by atoms with Crippen molar-refractivity contribution in [1.82, 2.24) is 5.32 Å². The van der Waals surface area contributed by atoms with Crippen LogP contribution in [0, 0.1) is 11.6 Å². The van der Waals surface area contributed by atoms with Gasteiger partial charge in [0, 0.05) is 5.56 Å². The SMILES string of the molecule is CCNC(C1=CCCCO1)c1cc(F)ccc1F. The smallest absolute Gasteiger partial charge is 0.128 e. The van der Waals surface area contributed by atoms with Gasteiger partial charge in [-0.1, -0.05) is 6.92 Å². The average molecular weight is 253 g/mol. The molecule has 1 N–H and O–H groups in total. The van der Waals surface area contributed by atoms with Gasteiger partial charge >= 0.3 is 0 Å². The van der Waals surface area contributed by atoms with E-state index in [-0.39, 0.29) is 0 Å². The Kier molecular flexibility index (Phi) is 4.31. The third-order valence-electron chi connectivity index (χ3n) is 2.92. The highest BCUT2D eigenvalue weighted by molar-refractivity contribution is 5.28. The van der Waals surface area contributed by atoms with Crippen molar-refractivity contribution in [3.63, 3.8) is 0 Å². The molecule has 1 aliphatic heterocycles. The lowest BCUT2D eigenvalue weighted by molar-refractivity contribution is 0.167. The molecule has 0 saturated heterocycles. The summed E-state index contributed by atoms with van der Waals surface area (Å²) in [6.07, 6.45) is 3.82. The number of hydrogen-bond donors (Lipinski definition) is 1. The van der Waals surface area contributed by atoms with E-state index in [4.69, 9.17) is 4.74 Å². The minimum atomic E-state index is -0.439. The van der Waals surface area contributed by atoms with Crippen LogP contribution in [0.5, 0.6) is 0 Å². The fraction of sp³-hybridized carbons (Fsp3) is 0.429. The van der Waals surface area contributed by atoms with Gasteiger partial charge in [-0.05, 0) is 43.7 Å². The lowest BCUT2D eigenvalue weighted by Gasteiger charge is -2.25. The number of ether oxygens (including phenoxy) is 1. The van der Waals surface area contributed by atoms with Crippen LogP contribution in [0.3, 0.4) is 0 Å². The quantitative estimate of drug-likeness (QED) is 0.888. The molecule has 1 unspecified atom stereocenters. The summed E-state index contributed by atoms with van der Waals surface area (Å²) >= 11 is 0. The maximum atomic E-state index is 13.8. The molecule has 0 aliphatic carbocycles. The van der Waals surface area contributed by atoms with Crippen LogP contribution in [0.15, 0.2) is 30.0 Å². The first-order valence-corrected chi connectivity index (χ1v) is 6.23. The summed E-state index contributed by atoms with van der Waals surface area (Å²) in [5, 5.41) is 3.14. The summed E-state index contributed by atoms with van der Waals surface area (Å²) in [6.45, 7) is 3.21. The fourth-order valence-corrected chi connectivity index (χ4v) is 2.08. The molecule has 1 aromatic rings. The third kappa shape index (κ3) is 2.88. The normalized spacial score (nSPS) is 16.9. The maximum absolute atomic E-state index is 13.8. The first-order valence-electron chi connectivity index (χ1n) is 6.23. The van der Waals surface area contributed by atoms with Crippen molar-refractivity contribution >= 4 is 0 Å². The van der Waals surface area contributed by atoms with Crippen LogP contribution in [0.2, 0.25) is 0 Å². The Labute approximate surface area is 106 Å². The second-order valence-corrected chi connectivity index (χ2v) is 4.25. The molecule has 0 aromatic heterocycles. The van der Waals surface area contributed by atoms with Crippen LogP contribution < -0.4 is 5.32 Å². The maximum Gasteiger partial charge on any atom is 0.128 e. The highest BCUT2D eigenvalue weighted by atomic mass is 19.1. The summed E-state index contributed by atoms with van der Waals surface area (Å²) in [4.78, 5) is 0. The summed E-state index contributed by atoms with van der Waals surface area (Å²) in [6, 6.07) is 3.09. The molecule has 0 bridgehead atoms. The summed E-state index contributed by atoms with van der Waals surface area (Å²) in [5.41, 5.74) is 0.296. The van der Waals surface area contributed by atoms with E-state index in [1.807, 2.05) is 13.0 Å². The molecule has 0 amide bonds. The van der Waals surface area contributed by atoms with Gasteiger partial charge in [0.15, 0.2) is 0 Å². The van der Waals surface area contributed by atoms with Gasteiger partial charge in [-0.15, -0.1) is 0 Å². The molecule has 0 spiro atoms. The fourth-order valence-electron chi connectivity index (χ4n) is 2.08. The number of allylic oxidation sites excluding steroid dienone is 1. The molecule has 0 saturated carbocycles. The van der Waals surface area contributed by atoms with Crippen LogP contribution >= 0.6 is 0 Å². The number of nitrogens with one attached hydrogen (secondary N) is 1. The molecule has 2 rings (SSSR count). The first kappa shape index (κ1) is 13.0. The van der Waals surface area contributed by atoms with Gasteiger partial charge in [0.1, 0.15) is 17.4 Å². The molecule has 18 heavy (non-hydrogen) atoms. The van der Waals surface area contributed by atoms with E-state index < -0.39 is 17.7 Å². The largest absolute Gasteiger partial charge is 0.496 e.